The van der Waals surface area contributed by atoms with Crippen LogP contribution >= 0.6 is 11.3 Å². The Morgan fingerprint density at radius 3 is 2.46 bits per heavy atom. The third kappa shape index (κ3) is 3.03. The molecule has 0 atom stereocenters. The fourth-order valence-electron chi connectivity index (χ4n) is 3.57. The molecule has 1 fully saturated rings. The number of carbonyl (C=O) groups is 2. The van der Waals surface area contributed by atoms with Crippen LogP contribution in [-0.4, -0.2) is 59.2 Å². The number of thiophene rings is 1. The van der Waals surface area contributed by atoms with Gasteiger partial charge in [-0.2, -0.15) is 0 Å². The first-order chi connectivity index (χ1) is 13.5. The Morgan fingerprint density at radius 2 is 1.75 bits per heavy atom. The Labute approximate surface area is 165 Å². The summed E-state index contributed by atoms with van der Waals surface area (Å²) in [5, 5.41) is 1.54. The number of fused-ring (bicyclic) bond motifs is 3. The zero-order valence-corrected chi connectivity index (χ0v) is 16.6. The molecule has 3 heterocycles. The number of hydrogen-bond donors (Lipinski definition) is 0. The fourth-order valence-corrected chi connectivity index (χ4v) is 4.72. The van der Waals surface area contributed by atoms with E-state index in [2.05, 4.69) is 0 Å². The molecule has 0 bridgehead atoms. The number of rotatable bonds is 2. The van der Waals surface area contributed by atoms with Gasteiger partial charge in [0.1, 0.15) is 0 Å². The summed E-state index contributed by atoms with van der Waals surface area (Å²) in [5.74, 6) is -0.101. The quantitative estimate of drug-likeness (QED) is 0.664. The number of benzene rings is 1. The van der Waals surface area contributed by atoms with Gasteiger partial charge in [0.2, 0.25) is 0 Å². The molecule has 0 spiro atoms. The van der Waals surface area contributed by atoms with Crippen LogP contribution in [0.4, 0.5) is 4.79 Å². The molecule has 1 aromatic carbocycles. The summed E-state index contributed by atoms with van der Waals surface area (Å²) in [6, 6.07) is 9.42. The second-order valence-corrected chi connectivity index (χ2v) is 7.77. The lowest BCUT2D eigenvalue weighted by molar-refractivity contribution is 0.0574. The molecule has 1 saturated heterocycles. The number of piperazine rings is 1. The zero-order valence-electron chi connectivity index (χ0n) is 15.8. The molecule has 1 aliphatic rings. The van der Waals surface area contributed by atoms with Gasteiger partial charge in [0.05, 0.1) is 22.4 Å². The molecule has 1 aliphatic heterocycles. The van der Waals surface area contributed by atoms with E-state index >= 15 is 0 Å². The van der Waals surface area contributed by atoms with Crippen LogP contribution in [0.25, 0.3) is 21.0 Å². The predicted molar refractivity (Wildman–Crippen MR) is 109 cm³/mol. The topological polar surface area (TPSA) is 71.8 Å². The Bertz CT molecular complexity index is 1130. The lowest BCUT2D eigenvalue weighted by Crippen LogP contribution is -2.50. The molecule has 0 aliphatic carbocycles. The predicted octanol–water partition coefficient (Wildman–Crippen LogP) is 2.67. The van der Waals surface area contributed by atoms with Crippen molar-refractivity contribution < 1.29 is 14.3 Å². The van der Waals surface area contributed by atoms with Crippen LogP contribution in [0.1, 0.15) is 16.6 Å². The van der Waals surface area contributed by atoms with Gasteiger partial charge in [-0.25, -0.2) is 4.79 Å². The molecule has 8 heteroatoms. The average Bonchev–Trinajstić information content (AvgIpc) is 3.17. The molecule has 4 rings (SSSR count). The zero-order chi connectivity index (χ0) is 19.8. The SMILES string of the molecule is CCOC(=O)N1CCN(C(=O)c2cc3c(=O)n(C)c4ccccc4c3s2)CC1. The first kappa shape index (κ1) is 18.5. The summed E-state index contributed by atoms with van der Waals surface area (Å²) in [6.07, 6.45) is -0.341. The number of carbonyl (C=O) groups excluding carboxylic acids is 2. The van der Waals surface area contributed by atoms with E-state index in [0.717, 1.165) is 15.6 Å². The van der Waals surface area contributed by atoms with Crippen molar-refractivity contribution in [1.29, 1.82) is 0 Å². The van der Waals surface area contributed by atoms with Crippen molar-refractivity contribution in [2.75, 3.05) is 32.8 Å². The molecule has 0 unspecified atom stereocenters. The Hall–Kier alpha value is -2.87. The van der Waals surface area contributed by atoms with Crippen LogP contribution in [0.2, 0.25) is 0 Å². The van der Waals surface area contributed by atoms with E-state index in [0.29, 0.717) is 43.0 Å². The number of aromatic nitrogens is 1. The summed E-state index contributed by atoms with van der Waals surface area (Å²) in [4.78, 5) is 41.4. The monoisotopic (exact) mass is 399 g/mol. The summed E-state index contributed by atoms with van der Waals surface area (Å²) in [5.41, 5.74) is 0.750. The average molecular weight is 399 g/mol. The molecule has 28 heavy (non-hydrogen) atoms. The number of ether oxygens (including phenoxy) is 1. The van der Waals surface area contributed by atoms with Crippen molar-refractivity contribution in [3.8, 4) is 0 Å². The molecule has 7 nitrogen and oxygen atoms in total. The fraction of sp³-hybridized carbons (Fsp3) is 0.350. The van der Waals surface area contributed by atoms with Crippen LogP contribution in [0.3, 0.4) is 0 Å². The van der Waals surface area contributed by atoms with Gasteiger partial charge in [-0.1, -0.05) is 18.2 Å². The van der Waals surface area contributed by atoms with E-state index in [1.165, 1.54) is 11.3 Å². The highest BCUT2D eigenvalue weighted by atomic mass is 32.1. The normalized spacial score (nSPS) is 14.6. The van der Waals surface area contributed by atoms with E-state index in [-0.39, 0.29) is 17.6 Å². The first-order valence-electron chi connectivity index (χ1n) is 9.23. The second kappa shape index (κ2) is 7.27. The molecular formula is C20H21N3O4S. The highest BCUT2D eigenvalue weighted by Crippen LogP contribution is 2.31. The van der Waals surface area contributed by atoms with Gasteiger partial charge in [-0.05, 0) is 19.1 Å². The van der Waals surface area contributed by atoms with Gasteiger partial charge in [-0.15, -0.1) is 11.3 Å². The minimum Gasteiger partial charge on any atom is -0.450 e. The molecule has 0 saturated carbocycles. The maximum atomic E-state index is 13.0. The van der Waals surface area contributed by atoms with Gasteiger partial charge < -0.3 is 19.1 Å². The van der Waals surface area contributed by atoms with Gasteiger partial charge in [0.25, 0.3) is 11.5 Å². The van der Waals surface area contributed by atoms with Gasteiger partial charge >= 0.3 is 6.09 Å². The maximum absolute atomic E-state index is 13.0. The lowest BCUT2D eigenvalue weighted by atomic mass is 10.1. The number of para-hydroxylation sites is 1. The van der Waals surface area contributed by atoms with Gasteiger partial charge in [-0.3, -0.25) is 9.59 Å². The second-order valence-electron chi connectivity index (χ2n) is 6.71. The number of amides is 2. The number of aryl methyl sites for hydroxylation is 1. The van der Waals surface area contributed by atoms with Crippen LogP contribution in [-0.2, 0) is 11.8 Å². The Kier molecular flexibility index (Phi) is 4.80. The molecule has 2 amide bonds. The molecule has 0 radical (unpaired) electrons. The summed E-state index contributed by atoms with van der Waals surface area (Å²) < 4.78 is 7.48. The van der Waals surface area contributed by atoms with E-state index in [9.17, 15) is 14.4 Å². The highest BCUT2D eigenvalue weighted by Gasteiger charge is 2.27. The summed E-state index contributed by atoms with van der Waals surface area (Å²) in [7, 11) is 1.75. The number of nitrogens with zero attached hydrogens (tertiary/aromatic N) is 3. The number of hydrogen-bond acceptors (Lipinski definition) is 5. The third-order valence-corrected chi connectivity index (χ3v) is 6.24. The largest absolute Gasteiger partial charge is 0.450 e. The van der Waals surface area contributed by atoms with Gasteiger partial charge in [0.15, 0.2) is 0 Å². The van der Waals surface area contributed by atoms with E-state index in [1.54, 1.807) is 34.4 Å². The van der Waals surface area contributed by atoms with Crippen LogP contribution < -0.4 is 5.56 Å². The summed E-state index contributed by atoms with van der Waals surface area (Å²) in [6.45, 7) is 3.89. The lowest BCUT2D eigenvalue weighted by Gasteiger charge is -2.33. The van der Waals surface area contributed by atoms with Crippen LogP contribution in [0.5, 0.6) is 0 Å². The van der Waals surface area contributed by atoms with E-state index in [1.807, 2.05) is 24.3 Å². The highest BCUT2D eigenvalue weighted by molar-refractivity contribution is 7.21. The Morgan fingerprint density at radius 1 is 1.07 bits per heavy atom. The number of pyridine rings is 1. The first-order valence-corrected chi connectivity index (χ1v) is 10.0. The summed E-state index contributed by atoms with van der Waals surface area (Å²) >= 11 is 1.36. The van der Waals surface area contributed by atoms with E-state index in [4.69, 9.17) is 4.74 Å². The molecule has 0 N–H and O–H groups in total. The minimum atomic E-state index is -0.341. The van der Waals surface area contributed by atoms with Crippen molar-refractivity contribution in [3.05, 3.63) is 45.6 Å². The Balaban J connectivity index is 1.63. The minimum absolute atomic E-state index is 0.101. The van der Waals surface area contributed by atoms with Crippen molar-refractivity contribution in [3.63, 3.8) is 0 Å². The van der Waals surface area contributed by atoms with Crippen molar-refractivity contribution in [2.45, 2.75) is 6.92 Å². The third-order valence-electron chi connectivity index (χ3n) is 5.08. The standard InChI is InChI=1S/C20H21N3O4S/c1-3-27-20(26)23-10-8-22(9-11-23)19(25)16-12-14-17(28-16)13-6-4-5-7-15(13)21(2)18(14)24/h4-7,12H,3,8-11H2,1-2H3. The molecule has 146 valence electrons. The van der Waals surface area contributed by atoms with E-state index < -0.39 is 0 Å². The van der Waals surface area contributed by atoms with Crippen molar-refractivity contribution in [2.24, 2.45) is 7.05 Å². The smallest absolute Gasteiger partial charge is 0.409 e. The van der Waals surface area contributed by atoms with Crippen molar-refractivity contribution in [1.82, 2.24) is 14.4 Å². The van der Waals surface area contributed by atoms with Crippen LogP contribution in [0, 0.1) is 0 Å². The maximum Gasteiger partial charge on any atom is 0.409 e. The van der Waals surface area contributed by atoms with Crippen molar-refractivity contribution >= 4 is 44.3 Å². The molecule has 2 aromatic heterocycles. The van der Waals surface area contributed by atoms with Crippen LogP contribution in [0.15, 0.2) is 35.1 Å². The molecular weight excluding hydrogens is 378 g/mol. The molecule has 3 aromatic rings. The van der Waals surface area contributed by atoms with Gasteiger partial charge in [0, 0.05) is 43.3 Å².